The summed E-state index contributed by atoms with van der Waals surface area (Å²) in [5, 5.41) is 0. The van der Waals surface area contributed by atoms with Crippen molar-refractivity contribution >= 4 is 17.6 Å². The largest absolute Gasteiger partial charge is 0.289 e. The Morgan fingerprint density at radius 3 is 2.17 bits per heavy atom. The van der Waals surface area contributed by atoms with Gasteiger partial charge in [0, 0.05) is 5.56 Å². The quantitative estimate of drug-likeness (QED) is 0.624. The molecule has 1 unspecified atom stereocenters. The highest BCUT2D eigenvalue weighted by atomic mass is 16.2. The summed E-state index contributed by atoms with van der Waals surface area (Å²) in [6, 6.07) is 18.5. The van der Waals surface area contributed by atoms with Crippen molar-refractivity contribution in [3.63, 3.8) is 0 Å². The molecule has 2 heteroatoms. The van der Waals surface area contributed by atoms with Crippen LogP contribution in [-0.2, 0) is 4.79 Å². The van der Waals surface area contributed by atoms with Crippen molar-refractivity contribution in [2.75, 3.05) is 0 Å². The van der Waals surface area contributed by atoms with Gasteiger partial charge >= 0.3 is 0 Å². The van der Waals surface area contributed by atoms with E-state index < -0.39 is 17.5 Å². The maximum atomic E-state index is 12.6. The topological polar surface area (TPSA) is 34.1 Å². The lowest BCUT2D eigenvalue weighted by Gasteiger charge is -2.15. The molecule has 2 nitrogen and oxygen atoms in total. The van der Waals surface area contributed by atoms with E-state index in [4.69, 9.17) is 0 Å². The van der Waals surface area contributed by atoms with Gasteiger partial charge in [0.1, 0.15) is 0 Å². The number of benzene rings is 2. The van der Waals surface area contributed by atoms with E-state index in [9.17, 15) is 9.59 Å². The minimum absolute atomic E-state index is 0.404. The first kappa shape index (κ1) is 14.9. The van der Waals surface area contributed by atoms with E-state index in [0.29, 0.717) is 5.56 Å². The summed E-state index contributed by atoms with van der Waals surface area (Å²) in [6.45, 7) is 0. The Morgan fingerprint density at radius 2 is 1.48 bits per heavy atom. The van der Waals surface area contributed by atoms with Crippen LogP contribution in [0.25, 0.3) is 6.08 Å². The normalized spacial score (nSPS) is 18.1. The minimum atomic E-state index is -0.534. The van der Waals surface area contributed by atoms with Crippen LogP contribution in [0.5, 0.6) is 0 Å². The van der Waals surface area contributed by atoms with Crippen LogP contribution >= 0.6 is 0 Å². The van der Waals surface area contributed by atoms with Gasteiger partial charge in [0.2, 0.25) is 11.6 Å². The van der Waals surface area contributed by atoms with Gasteiger partial charge in [0.15, 0.2) is 0 Å². The molecule has 0 radical (unpaired) electrons. The number of hydrogen-bond donors (Lipinski definition) is 0. The van der Waals surface area contributed by atoms with E-state index in [1.54, 1.807) is 30.3 Å². The van der Waals surface area contributed by atoms with Gasteiger partial charge in [-0.05, 0) is 11.1 Å². The Kier molecular flexibility index (Phi) is 4.44. The number of hydrogen-bond acceptors (Lipinski definition) is 2. The fourth-order valence-electron chi connectivity index (χ4n) is 2.55. The molecule has 0 amide bonds. The van der Waals surface area contributed by atoms with E-state index in [-0.39, 0.29) is 0 Å². The van der Waals surface area contributed by atoms with Crippen molar-refractivity contribution in [2.45, 2.75) is 0 Å². The monoisotopic (exact) mass is 300 g/mol. The third-order valence-electron chi connectivity index (χ3n) is 3.74. The van der Waals surface area contributed by atoms with Gasteiger partial charge in [-0.15, -0.1) is 0 Å². The Bertz CT molecular complexity index is 796. The van der Waals surface area contributed by atoms with Gasteiger partial charge in [-0.3, -0.25) is 9.59 Å². The summed E-state index contributed by atoms with van der Waals surface area (Å²) in [6.07, 6.45) is 9.29. The summed E-state index contributed by atoms with van der Waals surface area (Å²) >= 11 is 0. The lowest BCUT2D eigenvalue weighted by atomic mass is 9.86. The van der Waals surface area contributed by atoms with E-state index in [0.717, 1.165) is 11.1 Å². The third kappa shape index (κ3) is 3.43. The predicted octanol–water partition coefficient (Wildman–Crippen LogP) is 4.26. The zero-order valence-corrected chi connectivity index (χ0v) is 12.6. The molecule has 0 saturated carbocycles. The van der Waals surface area contributed by atoms with Gasteiger partial charge in [-0.25, -0.2) is 0 Å². The van der Waals surface area contributed by atoms with Crippen molar-refractivity contribution in [1.82, 2.24) is 0 Å². The van der Waals surface area contributed by atoms with Gasteiger partial charge in [-0.2, -0.15) is 0 Å². The first-order chi connectivity index (χ1) is 11.3. The standard InChI is InChI=1S/C21H16O2/c22-20(17-11-5-2-6-12-17)21(23)19-14-8-7-13-18(19)15-16-9-3-1-4-10-16/h1-15,19H. The lowest BCUT2D eigenvalue weighted by Crippen LogP contribution is -2.24. The average Bonchev–Trinajstić information content (AvgIpc) is 2.62. The maximum absolute atomic E-state index is 12.6. The molecule has 1 aliphatic rings. The molecule has 3 rings (SSSR count). The van der Waals surface area contributed by atoms with Gasteiger partial charge < -0.3 is 0 Å². The summed E-state index contributed by atoms with van der Waals surface area (Å²) in [4.78, 5) is 25.0. The second-order valence-electron chi connectivity index (χ2n) is 5.34. The molecule has 0 spiro atoms. The van der Waals surface area contributed by atoms with E-state index in [2.05, 4.69) is 0 Å². The molecule has 0 heterocycles. The van der Waals surface area contributed by atoms with Crippen LogP contribution in [0.1, 0.15) is 15.9 Å². The van der Waals surface area contributed by atoms with Crippen molar-refractivity contribution < 1.29 is 9.59 Å². The summed E-state index contributed by atoms with van der Waals surface area (Å²) in [5.41, 5.74) is 2.26. The second-order valence-corrected chi connectivity index (χ2v) is 5.34. The Balaban J connectivity index is 1.89. The zero-order chi connectivity index (χ0) is 16.1. The molecule has 1 aliphatic carbocycles. The second kappa shape index (κ2) is 6.84. The molecule has 1 atom stereocenters. The molecule has 0 N–H and O–H groups in total. The number of carbonyl (C=O) groups is 2. The molecule has 0 saturated heterocycles. The van der Waals surface area contributed by atoms with Crippen molar-refractivity contribution in [3.05, 3.63) is 102 Å². The van der Waals surface area contributed by atoms with Crippen LogP contribution in [0.3, 0.4) is 0 Å². The van der Waals surface area contributed by atoms with Gasteiger partial charge in [0.05, 0.1) is 5.92 Å². The maximum Gasteiger partial charge on any atom is 0.229 e. The molecule has 0 aliphatic heterocycles. The van der Waals surface area contributed by atoms with Crippen LogP contribution in [0, 0.1) is 5.92 Å². The fraction of sp³-hybridized carbons (Fsp3) is 0.0476. The van der Waals surface area contributed by atoms with Crippen LogP contribution in [0.4, 0.5) is 0 Å². The molecule has 23 heavy (non-hydrogen) atoms. The van der Waals surface area contributed by atoms with Crippen molar-refractivity contribution in [1.29, 1.82) is 0 Å². The summed E-state index contributed by atoms with van der Waals surface area (Å²) < 4.78 is 0. The highest BCUT2D eigenvalue weighted by Crippen LogP contribution is 2.24. The molecule has 0 fully saturated rings. The van der Waals surface area contributed by atoms with E-state index in [1.165, 1.54) is 0 Å². The Morgan fingerprint density at radius 1 is 0.826 bits per heavy atom. The molecule has 2 aromatic rings. The molecular weight excluding hydrogens is 284 g/mol. The highest BCUT2D eigenvalue weighted by molar-refractivity contribution is 6.45. The molecule has 0 aromatic heterocycles. The lowest BCUT2D eigenvalue weighted by molar-refractivity contribution is -0.116. The summed E-state index contributed by atoms with van der Waals surface area (Å²) in [7, 11) is 0. The van der Waals surface area contributed by atoms with E-state index in [1.807, 2.05) is 60.7 Å². The first-order valence-corrected chi connectivity index (χ1v) is 7.51. The van der Waals surface area contributed by atoms with Gasteiger partial charge in [-0.1, -0.05) is 91.0 Å². The molecular formula is C21H16O2. The highest BCUT2D eigenvalue weighted by Gasteiger charge is 2.27. The molecule has 0 bridgehead atoms. The zero-order valence-electron chi connectivity index (χ0n) is 12.6. The number of carbonyl (C=O) groups excluding carboxylic acids is 2. The molecule has 112 valence electrons. The average molecular weight is 300 g/mol. The van der Waals surface area contributed by atoms with Crippen molar-refractivity contribution in [2.24, 2.45) is 5.92 Å². The fourth-order valence-corrected chi connectivity index (χ4v) is 2.55. The minimum Gasteiger partial charge on any atom is -0.289 e. The number of rotatable bonds is 4. The smallest absolute Gasteiger partial charge is 0.229 e. The van der Waals surface area contributed by atoms with Crippen LogP contribution in [0.2, 0.25) is 0 Å². The molecule has 2 aromatic carbocycles. The number of allylic oxidation sites excluding steroid dienone is 5. The predicted molar refractivity (Wildman–Crippen MR) is 92.0 cm³/mol. The first-order valence-electron chi connectivity index (χ1n) is 7.51. The Hall–Kier alpha value is -3.00. The third-order valence-corrected chi connectivity index (χ3v) is 3.74. The Labute approximate surface area is 135 Å². The van der Waals surface area contributed by atoms with Crippen molar-refractivity contribution in [3.8, 4) is 0 Å². The van der Waals surface area contributed by atoms with Crippen LogP contribution in [0.15, 0.2) is 90.5 Å². The number of Topliss-reactive ketones (excluding diaryl/α,β-unsaturated/α-hetero) is 2. The summed E-state index contributed by atoms with van der Waals surface area (Å²) in [5.74, 6) is -1.39. The number of ketones is 2. The SMILES string of the molecule is O=C(C(=O)C1C=CC=CC1=Cc1ccccc1)c1ccccc1. The van der Waals surface area contributed by atoms with Crippen LogP contribution < -0.4 is 0 Å². The van der Waals surface area contributed by atoms with E-state index >= 15 is 0 Å². The van der Waals surface area contributed by atoms with Gasteiger partial charge in [0.25, 0.3) is 0 Å². The van der Waals surface area contributed by atoms with Crippen LogP contribution in [-0.4, -0.2) is 11.6 Å².